The van der Waals surface area contributed by atoms with E-state index in [1.165, 1.54) is 44.9 Å². The van der Waals surface area contributed by atoms with E-state index in [0.717, 1.165) is 170 Å². The first kappa shape index (κ1) is 109. The van der Waals surface area contributed by atoms with Gasteiger partial charge in [0.05, 0.1) is 51.8 Å². The van der Waals surface area contributed by atoms with E-state index >= 15 is 0 Å². The Morgan fingerprint density at radius 2 is 0.754 bits per heavy atom. The van der Waals surface area contributed by atoms with E-state index in [9.17, 15) is 105 Å². The van der Waals surface area contributed by atoms with E-state index in [-0.39, 0.29) is 132 Å². The first-order valence-electron chi connectivity index (χ1n) is 48.7. The smallest absolute Gasteiger partial charge is 0.406 e. The molecule has 12 aliphatic rings. The molecule has 12 fully saturated rings. The van der Waals surface area contributed by atoms with Crippen LogP contribution in [0.15, 0.2) is 92.5 Å². The number of alkyl halides is 9. The minimum atomic E-state index is -4.98. The Labute approximate surface area is 813 Å². The van der Waals surface area contributed by atoms with Crippen molar-refractivity contribution in [3.63, 3.8) is 0 Å². The van der Waals surface area contributed by atoms with Gasteiger partial charge in [0, 0.05) is 70.8 Å². The maximum Gasteiger partial charge on any atom is 0.573 e. The SMILES string of the molecule is CC[C@H]1[C@@H](O)[C@@H]2[C@H](CC[C@]3(C)[C@@H]([C@H](C)CN=C=O)CC[C@@H]23)[C@@]2(C)CC[C@@H](C)C[C@@H]12.CC[C@H]1[C@@H](O)[C@@H]2[C@H](CC[C@]3(C)[C@@H]([C@H](C)CNC(=O)NS(=O)(=O)c4cccc(OC(F)(F)F)c4)CC[C@@H]23)[C@@]2(C)CC[C@@H](O)C[C@@H]12.CC[C@H]1[C@@H](O)[C@@H]2[C@H](CC[C@]3(C)[C@@H]([C@H](C)CNC(=O)NS(=O)(=O)c4cccc(OC(F)(F)F)c4)CC[C@@H]23)[C@@]2(C)CC[C@@H](O)C[C@@H]12.NS(=O)(=O)c1cccc(OC(F)(F)F)c1.[2H][B].[U]. The second kappa shape index (κ2) is 42.7. The van der Waals surface area contributed by atoms with E-state index in [1.54, 1.807) is 6.08 Å². The van der Waals surface area contributed by atoms with Crippen molar-refractivity contribution in [2.45, 2.75) is 308 Å². The number of hydrogen-bond acceptors (Lipinski definition) is 18. The third-order valence-electron chi connectivity index (χ3n) is 36.9. The molecule has 0 aliphatic heterocycles. The number of sulfonamides is 3. The maximum absolute atomic E-state index is 12.7. The van der Waals surface area contributed by atoms with Gasteiger partial charge in [-0.1, -0.05) is 134 Å². The molecule has 752 valence electrons. The number of primary sulfonamides is 1. The zero-order chi connectivity index (χ0) is 99.1. The molecule has 11 N–H and O–H groups in total. The van der Waals surface area contributed by atoms with Gasteiger partial charge < -0.3 is 50.4 Å². The molecule has 12 aliphatic carbocycles. The van der Waals surface area contributed by atoms with Crippen molar-refractivity contribution in [3.8, 4) is 17.2 Å². The van der Waals surface area contributed by atoms with Gasteiger partial charge in [0.15, 0.2) is 0 Å². The Morgan fingerprint density at radius 1 is 0.463 bits per heavy atom. The number of nitrogens with two attached hydrogens (primary N) is 1. The molecule has 0 spiro atoms. The summed E-state index contributed by atoms with van der Waals surface area (Å²) in [5.41, 5.74) is 0.880. The number of halogens is 9. The summed E-state index contributed by atoms with van der Waals surface area (Å²) in [5, 5.41) is 66.6. The van der Waals surface area contributed by atoms with Crippen LogP contribution >= 0.6 is 0 Å². The topological polar surface area (TPSA) is 369 Å². The molecule has 2 radical (unpaired) electrons. The second-order valence-corrected chi connectivity index (χ2v) is 48.4. The third-order valence-corrected chi connectivity index (χ3v) is 40.4. The molecule has 15 rings (SSSR count). The molecule has 37 heteroatoms. The first-order valence-corrected chi connectivity index (χ1v) is 52.6. The Kier molecular flexibility index (Phi) is 34.9. The van der Waals surface area contributed by atoms with Gasteiger partial charge in [0.1, 0.15) is 17.2 Å². The van der Waals surface area contributed by atoms with E-state index in [2.05, 4.69) is 128 Å². The number of nitrogens with zero attached hydrogens (tertiary/aromatic N) is 1. The molecule has 0 unspecified atom stereocenters. The fourth-order valence-electron chi connectivity index (χ4n) is 31.1. The van der Waals surface area contributed by atoms with E-state index in [1.807, 2.05) is 9.44 Å². The van der Waals surface area contributed by atoms with Crippen molar-refractivity contribution in [1.82, 2.24) is 20.1 Å². The van der Waals surface area contributed by atoms with Gasteiger partial charge in [-0.25, -0.2) is 59.2 Å². The normalized spacial score (nSPS) is 38.7. The van der Waals surface area contributed by atoms with Crippen LogP contribution in [0.5, 0.6) is 17.2 Å². The summed E-state index contributed by atoms with van der Waals surface area (Å²) in [5.74, 6) is 6.35. The number of carbonyl (C=O) groups is 2. The molecule has 0 heterocycles. The van der Waals surface area contributed by atoms with Gasteiger partial charge in [-0.3, -0.25) is 0 Å². The molecule has 12 saturated carbocycles. The number of aliphatic hydroxyl groups is 5. The summed E-state index contributed by atoms with van der Waals surface area (Å²) in [4.78, 5) is 38.4. The number of benzene rings is 3. The van der Waals surface area contributed by atoms with Gasteiger partial charge in [0.2, 0.25) is 16.1 Å². The van der Waals surface area contributed by atoms with Crippen LogP contribution in [0.25, 0.3) is 0 Å². The van der Waals surface area contributed by atoms with Crippen molar-refractivity contribution in [2.75, 3.05) is 19.6 Å². The van der Waals surface area contributed by atoms with Crippen LogP contribution in [0.4, 0.5) is 49.1 Å². The summed E-state index contributed by atoms with van der Waals surface area (Å²) in [6.45, 7) is 31.1. The van der Waals surface area contributed by atoms with Crippen molar-refractivity contribution in [3.05, 3.63) is 72.8 Å². The Balaban J connectivity index is 0.000000195. The number of urea groups is 2. The zero-order valence-corrected chi connectivity index (χ0v) is 86.1. The molecular weight excluding hydrogens is 2040 g/mol. The molecule has 3 aromatic carbocycles. The molecule has 4 amide bonds. The molecule has 134 heavy (non-hydrogen) atoms. The summed E-state index contributed by atoms with van der Waals surface area (Å²) in [6, 6.07) is 9.68. The van der Waals surface area contributed by atoms with Crippen LogP contribution in [0.1, 0.15) is 244 Å². The van der Waals surface area contributed by atoms with Gasteiger partial charge in [0.25, 0.3) is 20.0 Å². The average molecular weight is 2180 g/mol. The minimum Gasteiger partial charge on any atom is -0.406 e. The molecule has 23 nitrogen and oxygen atoms in total. The molecule has 33 atom stereocenters. The number of aliphatic hydroxyl groups excluding tert-OH is 5. The quantitative estimate of drug-likeness (QED) is 0.0217. The summed E-state index contributed by atoms with van der Waals surface area (Å²) in [7, 11) is -9.15. The van der Waals surface area contributed by atoms with Crippen LogP contribution in [0.2, 0.25) is 0 Å². The van der Waals surface area contributed by atoms with Gasteiger partial charge in [-0.2, -0.15) is 0 Å². The predicted octanol–water partition coefficient (Wildman–Crippen LogP) is 18.1. The Morgan fingerprint density at radius 3 is 1.07 bits per heavy atom. The number of carbonyl (C=O) groups excluding carboxylic acids is 3. The molecule has 0 saturated heterocycles. The predicted molar refractivity (Wildman–Crippen MR) is 484 cm³/mol. The van der Waals surface area contributed by atoms with Crippen LogP contribution in [0.3, 0.4) is 0 Å². The van der Waals surface area contributed by atoms with E-state index in [4.69, 9.17) is 6.47 Å². The van der Waals surface area contributed by atoms with E-state index < -0.39 is 105 Å². The fourth-order valence-corrected chi connectivity index (χ4v) is 33.6. The third kappa shape index (κ3) is 23.2. The summed E-state index contributed by atoms with van der Waals surface area (Å²) < 4.78 is 203. The monoisotopic (exact) mass is 2180 g/mol. The van der Waals surface area contributed by atoms with Crippen molar-refractivity contribution >= 4 is 56.6 Å². The number of ether oxygens (including phenoxy) is 3. The average Bonchev–Trinajstić information content (AvgIpc) is 1.54. The maximum atomic E-state index is 12.7. The number of isocyanates is 1. The standard InChI is InChI=1S/2C32H47F3N2O6S.C26H43NO2.C7H6F3NO3S.BH.U/c2*1-5-22-26-15-19(38)11-13-31(26,4)25-12-14-30(3)23(9-10-24(30)27(25)28(22)39)18(2)17-36-29(40)37-44(41,42)21-8-6-7-20(16-21)43-32(33,34)35;1-6-18-22-13-16(2)9-11-26(22,5)21-10-12-25(4)19(17(3)14-27-15-28)7-8-20(25)23(21)24(18)29;8-7(9,10)14-5-2-1-3-6(4-5)15(11,12)13;;/h2*6-8,16,18-19,22-28,38-39H,5,9-15,17H2,1-4H3,(H2,36,37,40);16-24,29H,6-14H2,1-5H3;1-4H,(H2,11,12,13);1H;/t2*18-,19-,22-,23-,24+,25+,26+,27+,28-,30-,31-;16-,17-,18-,19-,20+,21+,22+,23+,24-,25-,26-;;;/m111.../s1/i;;;;1D;. The van der Waals surface area contributed by atoms with Crippen LogP contribution in [-0.2, 0) is 34.9 Å². The number of aliphatic imine (C=N–C) groups is 1. The Bertz CT molecular complexity index is 4750. The van der Waals surface area contributed by atoms with Crippen LogP contribution in [-0.4, -0.2) is 148 Å². The van der Waals surface area contributed by atoms with E-state index in [0.29, 0.717) is 113 Å². The van der Waals surface area contributed by atoms with Crippen molar-refractivity contribution in [1.29, 1.82) is 1.34 Å². The molecular formula is C97H144BF9N6O17S3U. The number of fused-ring (bicyclic) bond motifs is 15. The summed E-state index contributed by atoms with van der Waals surface area (Å²) >= 11 is 0. The Hall–Kier alpha value is -4.92. The number of rotatable bonds is 20. The number of amides is 4. The van der Waals surface area contributed by atoms with Crippen molar-refractivity contribution < 1.29 is 150 Å². The second-order valence-electron chi connectivity index (χ2n) is 43.4. The van der Waals surface area contributed by atoms with Gasteiger partial charge in [-0.15, -0.1) is 39.5 Å². The molecule has 0 bridgehead atoms. The largest absolute Gasteiger partial charge is 0.573 e. The van der Waals surface area contributed by atoms with Gasteiger partial charge in [-0.05, 0) is 329 Å². The zero-order valence-electron chi connectivity index (χ0n) is 80.5. The van der Waals surface area contributed by atoms with Crippen LogP contribution < -0.4 is 39.4 Å². The first-order chi connectivity index (χ1) is 62.5. The van der Waals surface area contributed by atoms with Crippen molar-refractivity contribution in [2.24, 2.45) is 173 Å². The fraction of sp³-hybridized carbons (Fsp3) is 0.784. The number of nitrogens with one attached hydrogen (secondary N) is 4. The van der Waals surface area contributed by atoms with Gasteiger partial charge >= 0.3 is 31.1 Å². The summed E-state index contributed by atoms with van der Waals surface area (Å²) in [6.07, 6.45) is 10.6. The number of hydrogen-bond donors (Lipinski definition) is 10. The molecule has 3 aromatic rings. The minimum absolute atomic E-state index is 0. The molecule has 0 aromatic heterocycles. The van der Waals surface area contributed by atoms with Crippen LogP contribution in [0, 0.1) is 194 Å².